The molecule has 0 aliphatic carbocycles. The Morgan fingerprint density at radius 3 is 1.29 bits per heavy atom. The molecule has 0 heterocycles. The zero-order chi connectivity index (χ0) is 25.3. The molecule has 0 spiro atoms. The van der Waals surface area contributed by atoms with Crippen molar-refractivity contribution in [2.45, 2.75) is 39.3 Å². The Kier molecular flexibility index (Phi) is 9.00. The second kappa shape index (κ2) is 11.9. The van der Waals surface area contributed by atoms with Crippen LogP contribution in [0.1, 0.15) is 25.0 Å². The molecule has 13 nitrogen and oxygen atoms in total. The first-order valence-corrected chi connectivity index (χ1v) is 9.76. The van der Waals surface area contributed by atoms with Crippen LogP contribution in [0.4, 0.5) is 16.2 Å². The first-order valence-electron chi connectivity index (χ1n) is 9.76. The lowest BCUT2D eigenvalue weighted by atomic mass is 10.1. The number of rotatable bonds is 10. The quantitative estimate of drug-likeness (QED) is 0.213. The molecule has 0 saturated heterocycles. The number of benzene rings is 2. The van der Waals surface area contributed by atoms with E-state index in [1.165, 1.54) is 62.4 Å². The van der Waals surface area contributed by atoms with Crippen molar-refractivity contribution in [3.05, 3.63) is 79.9 Å². The Hall–Kier alpha value is -4.55. The monoisotopic (exact) mass is 476 g/mol. The molecule has 0 amide bonds. The van der Waals surface area contributed by atoms with Gasteiger partial charge in [-0.05, 0) is 11.1 Å². The smallest absolute Gasteiger partial charge is 0.425 e. The van der Waals surface area contributed by atoms with Crippen molar-refractivity contribution in [2.24, 2.45) is 0 Å². The third-order valence-corrected chi connectivity index (χ3v) is 4.11. The number of non-ortho nitro benzene ring substituents is 2. The summed E-state index contributed by atoms with van der Waals surface area (Å²) < 4.78 is 19.4. The van der Waals surface area contributed by atoms with Gasteiger partial charge in [0, 0.05) is 38.1 Å². The van der Waals surface area contributed by atoms with Gasteiger partial charge in [-0.1, -0.05) is 24.3 Å². The summed E-state index contributed by atoms with van der Waals surface area (Å²) >= 11 is 0. The number of nitro benzene ring substituents is 2. The minimum absolute atomic E-state index is 0.126. The normalized spacial score (nSPS) is 12.1. The van der Waals surface area contributed by atoms with Crippen molar-refractivity contribution in [3.8, 4) is 0 Å². The molecule has 34 heavy (non-hydrogen) atoms. The van der Waals surface area contributed by atoms with E-state index in [1.54, 1.807) is 0 Å². The van der Waals surface area contributed by atoms with Crippen LogP contribution in [0.15, 0.2) is 48.5 Å². The van der Waals surface area contributed by atoms with Crippen molar-refractivity contribution in [1.82, 2.24) is 0 Å². The summed E-state index contributed by atoms with van der Waals surface area (Å²) in [4.78, 5) is 55.8. The average molecular weight is 476 g/mol. The number of nitrogens with zero attached hydrogens (tertiary/aromatic N) is 2. The van der Waals surface area contributed by atoms with E-state index in [9.17, 15) is 34.6 Å². The van der Waals surface area contributed by atoms with Gasteiger partial charge < -0.3 is 18.9 Å². The van der Waals surface area contributed by atoms with Crippen molar-refractivity contribution >= 4 is 29.5 Å². The summed E-state index contributed by atoms with van der Waals surface area (Å²) in [5.41, 5.74) is 0.663. The number of carbonyl (C=O) groups is 3. The molecule has 0 radical (unpaired) electrons. The van der Waals surface area contributed by atoms with Crippen LogP contribution in [0.3, 0.4) is 0 Å². The molecule has 2 atom stereocenters. The van der Waals surface area contributed by atoms with Crippen LogP contribution < -0.4 is 0 Å². The SMILES string of the molecule is CC(OC(=O)Cc1ccc([N+](=O)[O-])cc1)OC(=O)OC(C)OC(=O)Cc1ccc([N+](=O)[O-])cc1. The lowest BCUT2D eigenvalue weighted by Crippen LogP contribution is -2.27. The van der Waals surface area contributed by atoms with Crippen LogP contribution in [0.25, 0.3) is 0 Å². The van der Waals surface area contributed by atoms with Gasteiger partial charge in [-0.25, -0.2) is 4.79 Å². The van der Waals surface area contributed by atoms with Crippen molar-refractivity contribution < 1.29 is 43.2 Å². The maximum absolute atomic E-state index is 11.9. The molecule has 2 rings (SSSR count). The Bertz CT molecular complexity index is 968. The fraction of sp³-hybridized carbons (Fsp3) is 0.286. The summed E-state index contributed by atoms with van der Waals surface area (Å²) in [7, 11) is 0. The highest BCUT2D eigenvalue weighted by Crippen LogP contribution is 2.14. The van der Waals surface area contributed by atoms with E-state index in [0.717, 1.165) is 0 Å². The predicted molar refractivity (Wildman–Crippen MR) is 112 cm³/mol. The van der Waals surface area contributed by atoms with Gasteiger partial charge in [-0.2, -0.15) is 0 Å². The van der Waals surface area contributed by atoms with Crippen LogP contribution in [0.2, 0.25) is 0 Å². The van der Waals surface area contributed by atoms with E-state index in [0.29, 0.717) is 11.1 Å². The third kappa shape index (κ3) is 8.53. The van der Waals surface area contributed by atoms with Gasteiger partial charge in [0.05, 0.1) is 22.7 Å². The van der Waals surface area contributed by atoms with Gasteiger partial charge in [-0.3, -0.25) is 29.8 Å². The summed E-state index contributed by atoms with van der Waals surface area (Å²) in [6.45, 7) is 2.53. The maximum atomic E-state index is 11.9. The van der Waals surface area contributed by atoms with E-state index in [1.807, 2.05) is 0 Å². The molecule has 0 aliphatic rings. The first-order chi connectivity index (χ1) is 16.0. The second-order valence-electron chi connectivity index (χ2n) is 6.80. The molecule has 13 heteroatoms. The topological polar surface area (TPSA) is 174 Å². The van der Waals surface area contributed by atoms with E-state index < -0.39 is 40.5 Å². The predicted octanol–water partition coefficient (Wildman–Crippen LogP) is 3.22. The van der Waals surface area contributed by atoms with Crippen LogP contribution >= 0.6 is 0 Å². The second-order valence-corrected chi connectivity index (χ2v) is 6.80. The van der Waals surface area contributed by atoms with Crippen molar-refractivity contribution in [1.29, 1.82) is 0 Å². The fourth-order valence-electron chi connectivity index (χ4n) is 2.60. The average Bonchev–Trinajstić information content (AvgIpc) is 2.73. The first kappa shape index (κ1) is 25.7. The molecule has 2 aromatic carbocycles. The largest absolute Gasteiger partial charge is 0.514 e. The van der Waals surface area contributed by atoms with E-state index >= 15 is 0 Å². The van der Waals surface area contributed by atoms with Gasteiger partial charge in [0.2, 0.25) is 12.6 Å². The van der Waals surface area contributed by atoms with Crippen LogP contribution in [0.5, 0.6) is 0 Å². The number of ether oxygens (including phenoxy) is 4. The van der Waals surface area contributed by atoms with Gasteiger partial charge in [0.25, 0.3) is 11.4 Å². The molecule has 180 valence electrons. The number of hydrogen-bond acceptors (Lipinski definition) is 11. The van der Waals surface area contributed by atoms with Gasteiger partial charge in [0.15, 0.2) is 0 Å². The van der Waals surface area contributed by atoms with Gasteiger partial charge in [-0.15, -0.1) is 0 Å². The van der Waals surface area contributed by atoms with Gasteiger partial charge in [0.1, 0.15) is 0 Å². The number of carbonyl (C=O) groups excluding carboxylic acids is 3. The van der Waals surface area contributed by atoms with Crippen LogP contribution in [-0.2, 0) is 41.4 Å². The van der Waals surface area contributed by atoms with E-state index in [-0.39, 0.29) is 24.2 Å². The fourth-order valence-corrected chi connectivity index (χ4v) is 2.60. The van der Waals surface area contributed by atoms with Gasteiger partial charge >= 0.3 is 18.1 Å². The lowest BCUT2D eigenvalue weighted by molar-refractivity contribution is -0.385. The highest BCUT2D eigenvalue weighted by Gasteiger charge is 2.20. The molecule has 0 saturated carbocycles. The molecule has 0 bridgehead atoms. The molecule has 0 fully saturated rings. The van der Waals surface area contributed by atoms with E-state index in [2.05, 4.69) is 0 Å². The number of esters is 2. The highest BCUT2D eigenvalue weighted by atomic mass is 16.8. The Morgan fingerprint density at radius 2 is 1.00 bits per heavy atom. The van der Waals surface area contributed by atoms with Crippen LogP contribution in [0, 0.1) is 20.2 Å². The molecular formula is C21H20N2O11. The standard InChI is InChI=1S/C21H20N2O11/c1-13(31-19(24)11-15-3-7-17(8-4-15)22(27)28)33-21(26)34-14(2)32-20(25)12-16-5-9-18(10-6-16)23(29)30/h3-10,13-14H,11-12H2,1-2H3. The zero-order valence-corrected chi connectivity index (χ0v) is 18.1. The summed E-state index contributed by atoms with van der Waals surface area (Å²) in [6.07, 6.45) is -4.32. The summed E-state index contributed by atoms with van der Waals surface area (Å²) in [5, 5.41) is 21.3. The third-order valence-electron chi connectivity index (χ3n) is 4.11. The number of nitro groups is 2. The number of hydrogen-bond donors (Lipinski definition) is 0. The molecule has 0 aliphatic heterocycles. The summed E-state index contributed by atoms with van der Waals surface area (Å²) in [6, 6.07) is 10.5. The minimum Gasteiger partial charge on any atom is -0.425 e. The Labute approximate surface area is 192 Å². The molecule has 0 N–H and O–H groups in total. The zero-order valence-electron chi connectivity index (χ0n) is 18.1. The molecule has 0 aromatic heterocycles. The molecule has 2 unspecified atom stereocenters. The van der Waals surface area contributed by atoms with Crippen molar-refractivity contribution in [3.63, 3.8) is 0 Å². The van der Waals surface area contributed by atoms with Crippen LogP contribution in [-0.4, -0.2) is 40.5 Å². The minimum atomic E-state index is -1.32. The summed E-state index contributed by atoms with van der Waals surface area (Å²) in [5.74, 6) is -1.51. The Morgan fingerprint density at radius 1 is 0.676 bits per heavy atom. The molecular weight excluding hydrogens is 456 g/mol. The lowest BCUT2D eigenvalue weighted by Gasteiger charge is -2.17. The highest BCUT2D eigenvalue weighted by molar-refractivity contribution is 5.73. The molecule has 2 aromatic rings. The van der Waals surface area contributed by atoms with E-state index in [4.69, 9.17) is 18.9 Å². The Balaban J connectivity index is 1.72. The van der Waals surface area contributed by atoms with Crippen molar-refractivity contribution in [2.75, 3.05) is 0 Å². The maximum Gasteiger partial charge on any atom is 0.514 e.